The van der Waals surface area contributed by atoms with Crippen molar-refractivity contribution in [3.8, 4) is 11.5 Å². The van der Waals surface area contributed by atoms with Crippen molar-refractivity contribution < 1.29 is 18.3 Å². The van der Waals surface area contributed by atoms with E-state index in [2.05, 4.69) is 20.8 Å². The molecule has 0 amide bonds. The average molecular weight is 455 g/mol. The number of benzene rings is 1. The Morgan fingerprint density at radius 3 is 1.59 bits per heavy atom. The lowest BCUT2D eigenvalue weighted by Gasteiger charge is -2.20. The third-order valence-electron chi connectivity index (χ3n) is 6.41. The van der Waals surface area contributed by atoms with Crippen molar-refractivity contribution in [2.45, 2.75) is 118 Å². The van der Waals surface area contributed by atoms with Gasteiger partial charge >= 0.3 is 0 Å². The molecule has 0 aliphatic heterocycles. The Balaban J connectivity index is 2.33. The third kappa shape index (κ3) is 11.5. The normalized spacial score (nSPS) is 13.2. The molecule has 186 valence electrons. The van der Waals surface area contributed by atoms with Crippen molar-refractivity contribution in [1.29, 1.82) is 0 Å². The zero-order valence-electron chi connectivity index (χ0n) is 21.2. The van der Waals surface area contributed by atoms with Crippen molar-refractivity contribution >= 4 is 0 Å². The fraction of sp³-hybridized carbons (Fsp3) is 0.786. The summed E-state index contributed by atoms with van der Waals surface area (Å²) in [6, 6.07) is 2.89. The van der Waals surface area contributed by atoms with Gasteiger partial charge in [0.2, 0.25) is 11.6 Å². The molecular weight excluding hydrogens is 406 g/mol. The maximum atomic E-state index is 14.1. The van der Waals surface area contributed by atoms with Crippen LogP contribution in [0.25, 0.3) is 0 Å². The van der Waals surface area contributed by atoms with Gasteiger partial charge in [-0.2, -0.15) is 8.78 Å². The maximum absolute atomic E-state index is 14.1. The lowest BCUT2D eigenvalue weighted by Crippen LogP contribution is -2.06. The van der Waals surface area contributed by atoms with Gasteiger partial charge in [-0.15, -0.1) is 0 Å². The van der Waals surface area contributed by atoms with Crippen molar-refractivity contribution in [1.82, 2.24) is 0 Å². The van der Waals surface area contributed by atoms with Crippen LogP contribution in [0.3, 0.4) is 0 Å². The molecule has 1 rings (SSSR count). The fourth-order valence-corrected chi connectivity index (χ4v) is 4.67. The molecule has 0 aliphatic rings. The Morgan fingerprint density at radius 2 is 1.09 bits per heavy atom. The molecule has 32 heavy (non-hydrogen) atoms. The summed E-state index contributed by atoms with van der Waals surface area (Å²) >= 11 is 0. The zero-order valence-corrected chi connectivity index (χ0v) is 21.2. The molecule has 0 aliphatic carbocycles. The third-order valence-corrected chi connectivity index (χ3v) is 6.41. The van der Waals surface area contributed by atoms with Gasteiger partial charge in [-0.05, 0) is 43.7 Å². The Hall–Kier alpha value is -1.32. The molecule has 0 aromatic heterocycles. The van der Waals surface area contributed by atoms with E-state index < -0.39 is 11.6 Å². The van der Waals surface area contributed by atoms with Crippen LogP contribution in [0.5, 0.6) is 11.5 Å². The number of hydrogen-bond acceptors (Lipinski definition) is 2. The molecule has 0 radical (unpaired) electrons. The Bertz CT molecular complexity index is 591. The Kier molecular flexibility index (Phi) is 16.3. The van der Waals surface area contributed by atoms with Crippen LogP contribution in [0.2, 0.25) is 0 Å². The molecule has 0 bridgehead atoms. The van der Waals surface area contributed by atoms with E-state index in [9.17, 15) is 8.78 Å². The highest BCUT2D eigenvalue weighted by molar-refractivity contribution is 5.34. The summed E-state index contributed by atoms with van der Waals surface area (Å²) < 4.78 is 38.6. The largest absolute Gasteiger partial charge is 0.491 e. The van der Waals surface area contributed by atoms with Gasteiger partial charge in [0, 0.05) is 0 Å². The van der Waals surface area contributed by atoms with Crippen LogP contribution < -0.4 is 9.47 Å². The SMILES string of the molecule is CCCCCC(CCC)CCCC(CCC)CCCCOc1ccc(OCC)c(F)c1F. The molecule has 0 saturated carbocycles. The van der Waals surface area contributed by atoms with Crippen LogP contribution in [0, 0.1) is 23.5 Å². The van der Waals surface area contributed by atoms with E-state index in [0.717, 1.165) is 24.7 Å². The van der Waals surface area contributed by atoms with Gasteiger partial charge in [0.05, 0.1) is 13.2 Å². The van der Waals surface area contributed by atoms with Gasteiger partial charge in [-0.1, -0.05) is 97.8 Å². The number of rotatable bonds is 20. The standard InChI is InChI=1S/C28H48F2O2/c1-5-9-10-16-23(14-6-2)18-13-19-24(15-7-3)17-11-12-22-32-26-21-20-25(31-8-4)27(29)28(26)30/h20-21,23-24H,5-19,22H2,1-4H3. The van der Waals surface area contributed by atoms with Crippen molar-refractivity contribution in [3.63, 3.8) is 0 Å². The highest BCUT2D eigenvalue weighted by atomic mass is 19.2. The van der Waals surface area contributed by atoms with E-state index in [4.69, 9.17) is 9.47 Å². The van der Waals surface area contributed by atoms with Crippen LogP contribution in [-0.2, 0) is 0 Å². The number of ether oxygens (including phenoxy) is 2. The highest BCUT2D eigenvalue weighted by Gasteiger charge is 2.16. The van der Waals surface area contributed by atoms with Gasteiger partial charge in [0.1, 0.15) is 0 Å². The molecule has 1 aromatic carbocycles. The van der Waals surface area contributed by atoms with Gasteiger partial charge < -0.3 is 9.47 Å². The summed E-state index contributed by atoms with van der Waals surface area (Å²) in [6.45, 7) is 9.31. The highest BCUT2D eigenvalue weighted by Crippen LogP contribution is 2.29. The summed E-state index contributed by atoms with van der Waals surface area (Å²) in [5, 5.41) is 0. The summed E-state index contributed by atoms with van der Waals surface area (Å²) in [5.74, 6) is -0.333. The lowest BCUT2D eigenvalue weighted by atomic mass is 9.87. The molecular formula is C28H48F2O2. The molecule has 1 aromatic rings. The zero-order chi connectivity index (χ0) is 23.6. The Morgan fingerprint density at radius 1 is 0.594 bits per heavy atom. The first-order valence-electron chi connectivity index (χ1n) is 13.3. The first-order chi connectivity index (χ1) is 15.6. The van der Waals surface area contributed by atoms with Gasteiger partial charge in [-0.3, -0.25) is 0 Å². The smallest absolute Gasteiger partial charge is 0.204 e. The van der Waals surface area contributed by atoms with Crippen LogP contribution >= 0.6 is 0 Å². The first-order valence-corrected chi connectivity index (χ1v) is 13.3. The van der Waals surface area contributed by atoms with Crippen LogP contribution in [-0.4, -0.2) is 13.2 Å². The van der Waals surface area contributed by atoms with E-state index in [-0.39, 0.29) is 11.5 Å². The van der Waals surface area contributed by atoms with E-state index in [0.29, 0.717) is 13.2 Å². The van der Waals surface area contributed by atoms with E-state index in [1.54, 1.807) is 6.92 Å². The van der Waals surface area contributed by atoms with Crippen LogP contribution in [0.4, 0.5) is 8.78 Å². The van der Waals surface area contributed by atoms with Crippen LogP contribution in [0.15, 0.2) is 12.1 Å². The summed E-state index contributed by atoms with van der Waals surface area (Å²) in [4.78, 5) is 0. The van der Waals surface area contributed by atoms with Crippen LogP contribution in [0.1, 0.15) is 118 Å². The van der Waals surface area contributed by atoms with Crippen molar-refractivity contribution in [2.24, 2.45) is 11.8 Å². The molecule has 2 atom stereocenters. The number of unbranched alkanes of at least 4 members (excludes halogenated alkanes) is 3. The second-order valence-electron chi connectivity index (χ2n) is 9.20. The topological polar surface area (TPSA) is 18.5 Å². The molecule has 0 heterocycles. The lowest BCUT2D eigenvalue weighted by molar-refractivity contribution is 0.268. The minimum atomic E-state index is -0.969. The van der Waals surface area contributed by atoms with Crippen molar-refractivity contribution in [2.75, 3.05) is 13.2 Å². The Labute approximate surface area is 196 Å². The average Bonchev–Trinajstić information content (AvgIpc) is 2.78. The molecule has 0 fully saturated rings. The van der Waals surface area contributed by atoms with Gasteiger partial charge in [0.15, 0.2) is 11.5 Å². The van der Waals surface area contributed by atoms with Gasteiger partial charge in [0.25, 0.3) is 0 Å². The van der Waals surface area contributed by atoms with Gasteiger partial charge in [-0.25, -0.2) is 0 Å². The minimum absolute atomic E-state index is 0.0268. The summed E-state index contributed by atoms with van der Waals surface area (Å²) in [7, 11) is 0. The maximum Gasteiger partial charge on any atom is 0.204 e. The van der Waals surface area contributed by atoms with E-state index >= 15 is 0 Å². The van der Waals surface area contributed by atoms with Crippen molar-refractivity contribution in [3.05, 3.63) is 23.8 Å². The fourth-order valence-electron chi connectivity index (χ4n) is 4.67. The summed E-state index contributed by atoms with van der Waals surface area (Å²) in [5.41, 5.74) is 0. The molecule has 0 N–H and O–H groups in total. The summed E-state index contributed by atoms with van der Waals surface area (Å²) in [6.07, 6.45) is 17.8. The molecule has 2 unspecified atom stereocenters. The second kappa shape index (κ2) is 18.1. The molecule has 0 saturated heterocycles. The first kappa shape index (κ1) is 28.7. The van der Waals surface area contributed by atoms with E-state index in [1.165, 1.54) is 89.2 Å². The predicted octanol–water partition coefficient (Wildman–Crippen LogP) is 9.50. The second-order valence-corrected chi connectivity index (χ2v) is 9.20. The number of hydrogen-bond donors (Lipinski definition) is 0. The molecule has 0 spiro atoms. The minimum Gasteiger partial charge on any atom is -0.491 e. The molecule has 4 heteroatoms. The quantitative estimate of drug-likeness (QED) is 0.183. The number of halogens is 2. The van der Waals surface area contributed by atoms with E-state index in [1.807, 2.05) is 0 Å². The molecule has 2 nitrogen and oxygen atoms in total. The monoisotopic (exact) mass is 454 g/mol. The predicted molar refractivity (Wildman–Crippen MR) is 132 cm³/mol.